The number of hydrogen-bond donors (Lipinski definition) is 2. The Morgan fingerprint density at radius 1 is 1.47 bits per heavy atom. The van der Waals surface area contributed by atoms with Gasteiger partial charge in [-0.15, -0.1) is 0 Å². The van der Waals surface area contributed by atoms with E-state index in [4.69, 9.17) is 9.84 Å². The van der Waals surface area contributed by atoms with Gasteiger partial charge in [0.2, 0.25) is 5.88 Å². The first-order valence-corrected chi connectivity index (χ1v) is 6.58. The molecular weight excluding hydrogens is 246 g/mol. The summed E-state index contributed by atoms with van der Waals surface area (Å²) in [6, 6.07) is 0. The summed E-state index contributed by atoms with van der Waals surface area (Å²) in [5.74, 6) is 0.244. The number of anilines is 1. The predicted molar refractivity (Wildman–Crippen MR) is 70.3 cm³/mol. The first-order valence-electron chi connectivity index (χ1n) is 6.58. The van der Waals surface area contributed by atoms with E-state index in [-0.39, 0.29) is 6.42 Å². The van der Waals surface area contributed by atoms with Crippen molar-refractivity contribution in [1.82, 2.24) is 9.97 Å². The minimum atomic E-state index is -0.789. The van der Waals surface area contributed by atoms with Crippen LogP contribution < -0.4 is 10.1 Å². The quantitative estimate of drug-likeness (QED) is 0.819. The molecule has 1 saturated carbocycles. The molecule has 1 aromatic rings. The summed E-state index contributed by atoms with van der Waals surface area (Å²) in [5, 5.41) is 12.3. The van der Waals surface area contributed by atoms with Crippen LogP contribution in [0.5, 0.6) is 5.88 Å². The van der Waals surface area contributed by atoms with Crippen LogP contribution in [0.15, 0.2) is 12.4 Å². The molecule has 0 spiro atoms. The molecular formula is C13H19N3O3. The molecule has 0 amide bonds. The molecule has 2 N–H and O–H groups in total. The van der Waals surface area contributed by atoms with Crippen LogP contribution in [0.2, 0.25) is 0 Å². The van der Waals surface area contributed by atoms with Crippen LogP contribution in [-0.4, -0.2) is 33.2 Å². The zero-order valence-electron chi connectivity index (χ0n) is 11.1. The molecule has 2 rings (SSSR count). The minimum absolute atomic E-state index is 0.105. The van der Waals surface area contributed by atoms with Crippen molar-refractivity contribution in [3.8, 4) is 5.88 Å². The highest BCUT2D eigenvalue weighted by molar-refractivity contribution is 5.69. The fraction of sp³-hybridized carbons (Fsp3) is 0.615. The lowest BCUT2D eigenvalue weighted by Crippen LogP contribution is -2.37. The summed E-state index contributed by atoms with van der Waals surface area (Å²) in [7, 11) is 0. The molecule has 104 valence electrons. The van der Waals surface area contributed by atoms with Gasteiger partial charge in [0.05, 0.1) is 25.4 Å². The van der Waals surface area contributed by atoms with E-state index < -0.39 is 11.5 Å². The summed E-state index contributed by atoms with van der Waals surface area (Å²) in [4.78, 5) is 19.4. The van der Waals surface area contributed by atoms with Gasteiger partial charge in [-0.05, 0) is 19.8 Å². The molecule has 0 aromatic carbocycles. The van der Waals surface area contributed by atoms with Crippen LogP contribution in [0.1, 0.15) is 39.0 Å². The van der Waals surface area contributed by atoms with Gasteiger partial charge in [0.1, 0.15) is 5.82 Å². The molecule has 0 atom stereocenters. The van der Waals surface area contributed by atoms with Crippen LogP contribution in [0.25, 0.3) is 0 Å². The number of hydrogen-bond acceptors (Lipinski definition) is 5. The van der Waals surface area contributed by atoms with E-state index in [0.717, 1.165) is 25.7 Å². The normalized spacial score (nSPS) is 17.1. The predicted octanol–water partition coefficient (Wildman–Crippen LogP) is 2.07. The number of ether oxygens (including phenoxy) is 1. The highest BCUT2D eigenvalue weighted by Crippen LogP contribution is 2.35. The van der Waals surface area contributed by atoms with Crippen molar-refractivity contribution >= 4 is 11.8 Å². The maximum atomic E-state index is 11.0. The van der Waals surface area contributed by atoms with E-state index in [1.807, 2.05) is 6.92 Å². The van der Waals surface area contributed by atoms with Gasteiger partial charge in [-0.1, -0.05) is 12.8 Å². The second-order valence-corrected chi connectivity index (χ2v) is 4.86. The average molecular weight is 265 g/mol. The van der Waals surface area contributed by atoms with Gasteiger partial charge in [0.15, 0.2) is 0 Å². The maximum Gasteiger partial charge on any atom is 0.305 e. The molecule has 1 aliphatic carbocycles. The van der Waals surface area contributed by atoms with Gasteiger partial charge in [0, 0.05) is 5.54 Å². The monoisotopic (exact) mass is 265 g/mol. The number of aromatic nitrogens is 2. The first-order chi connectivity index (χ1) is 9.13. The standard InChI is InChI=1S/C13H19N3O3/c1-2-19-11-9-14-8-10(15-11)16-13(7-12(17)18)5-3-4-6-13/h8-9H,2-7H2,1H3,(H,15,16)(H,17,18). The number of carbonyl (C=O) groups is 1. The fourth-order valence-electron chi connectivity index (χ4n) is 2.58. The van der Waals surface area contributed by atoms with Crippen LogP contribution in [-0.2, 0) is 4.79 Å². The third kappa shape index (κ3) is 3.56. The van der Waals surface area contributed by atoms with Gasteiger partial charge < -0.3 is 15.2 Å². The largest absolute Gasteiger partial charge is 0.481 e. The van der Waals surface area contributed by atoms with Gasteiger partial charge in [-0.2, -0.15) is 4.98 Å². The Bertz CT molecular complexity index is 445. The fourth-order valence-corrected chi connectivity index (χ4v) is 2.58. The zero-order valence-corrected chi connectivity index (χ0v) is 11.1. The summed E-state index contributed by atoms with van der Waals surface area (Å²) >= 11 is 0. The summed E-state index contributed by atoms with van der Waals surface area (Å²) in [6.07, 6.45) is 7.03. The highest BCUT2D eigenvalue weighted by atomic mass is 16.5. The second-order valence-electron chi connectivity index (χ2n) is 4.86. The number of carboxylic acids is 1. The number of rotatable bonds is 6. The van der Waals surface area contributed by atoms with Crippen molar-refractivity contribution in [2.24, 2.45) is 0 Å². The molecule has 1 aromatic heterocycles. The molecule has 1 aliphatic rings. The first kappa shape index (κ1) is 13.6. The Morgan fingerprint density at radius 2 is 2.21 bits per heavy atom. The van der Waals surface area contributed by atoms with E-state index in [9.17, 15) is 4.79 Å². The lowest BCUT2D eigenvalue weighted by Gasteiger charge is -2.29. The summed E-state index contributed by atoms with van der Waals surface area (Å²) in [5.41, 5.74) is -0.397. The molecule has 0 bridgehead atoms. The second kappa shape index (κ2) is 5.86. The summed E-state index contributed by atoms with van der Waals surface area (Å²) in [6.45, 7) is 2.41. The Kier molecular flexibility index (Phi) is 4.19. The SMILES string of the molecule is CCOc1cncc(NC2(CC(=O)O)CCCC2)n1. The van der Waals surface area contributed by atoms with Crippen molar-refractivity contribution in [3.63, 3.8) is 0 Å². The van der Waals surface area contributed by atoms with E-state index >= 15 is 0 Å². The van der Waals surface area contributed by atoms with E-state index in [0.29, 0.717) is 18.3 Å². The van der Waals surface area contributed by atoms with Gasteiger partial charge in [-0.3, -0.25) is 9.78 Å². The van der Waals surface area contributed by atoms with Gasteiger partial charge >= 0.3 is 5.97 Å². The van der Waals surface area contributed by atoms with Crippen LogP contribution in [0, 0.1) is 0 Å². The topological polar surface area (TPSA) is 84.3 Å². The molecule has 1 heterocycles. The molecule has 6 heteroatoms. The van der Waals surface area contributed by atoms with Crippen molar-refractivity contribution in [1.29, 1.82) is 0 Å². The molecule has 0 aliphatic heterocycles. The molecule has 0 unspecified atom stereocenters. The Balaban J connectivity index is 2.12. The van der Waals surface area contributed by atoms with E-state index in [1.165, 1.54) is 0 Å². The van der Waals surface area contributed by atoms with Crippen molar-refractivity contribution in [2.45, 2.75) is 44.6 Å². The van der Waals surface area contributed by atoms with Crippen LogP contribution >= 0.6 is 0 Å². The van der Waals surface area contributed by atoms with Crippen LogP contribution in [0.4, 0.5) is 5.82 Å². The molecule has 6 nitrogen and oxygen atoms in total. The maximum absolute atomic E-state index is 11.0. The number of aliphatic carboxylic acids is 1. The number of nitrogens with one attached hydrogen (secondary N) is 1. The Morgan fingerprint density at radius 3 is 2.84 bits per heavy atom. The lowest BCUT2D eigenvalue weighted by molar-refractivity contribution is -0.138. The third-order valence-corrected chi connectivity index (χ3v) is 3.35. The molecule has 1 fully saturated rings. The van der Waals surface area contributed by atoms with Gasteiger partial charge in [0.25, 0.3) is 0 Å². The van der Waals surface area contributed by atoms with E-state index in [2.05, 4.69) is 15.3 Å². The van der Waals surface area contributed by atoms with E-state index in [1.54, 1.807) is 12.4 Å². The Hall–Kier alpha value is -1.85. The van der Waals surface area contributed by atoms with Crippen molar-refractivity contribution < 1.29 is 14.6 Å². The smallest absolute Gasteiger partial charge is 0.305 e. The Labute approximate surface area is 112 Å². The molecule has 19 heavy (non-hydrogen) atoms. The third-order valence-electron chi connectivity index (χ3n) is 3.35. The molecule has 0 radical (unpaired) electrons. The molecule has 0 saturated heterocycles. The number of nitrogens with zero attached hydrogens (tertiary/aromatic N) is 2. The zero-order chi connectivity index (χ0) is 13.7. The van der Waals surface area contributed by atoms with Crippen LogP contribution in [0.3, 0.4) is 0 Å². The minimum Gasteiger partial charge on any atom is -0.481 e. The van der Waals surface area contributed by atoms with Crippen molar-refractivity contribution in [3.05, 3.63) is 12.4 Å². The lowest BCUT2D eigenvalue weighted by atomic mass is 9.93. The van der Waals surface area contributed by atoms with Gasteiger partial charge in [-0.25, -0.2) is 0 Å². The highest BCUT2D eigenvalue weighted by Gasteiger charge is 2.36. The summed E-state index contributed by atoms with van der Waals surface area (Å²) < 4.78 is 5.30. The van der Waals surface area contributed by atoms with Crippen molar-refractivity contribution in [2.75, 3.05) is 11.9 Å². The number of carboxylic acid groups (broad SMARTS) is 1. The average Bonchev–Trinajstić information content (AvgIpc) is 2.77.